The third-order valence-corrected chi connectivity index (χ3v) is 2.45. The van der Waals surface area contributed by atoms with Gasteiger partial charge in [0, 0.05) is 6.54 Å². The van der Waals surface area contributed by atoms with Crippen molar-refractivity contribution in [3.05, 3.63) is 35.9 Å². The molecule has 0 bridgehead atoms. The van der Waals surface area contributed by atoms with Crippen molar-refractivity contribution < 1.29 is 24.2 Å². The summed E-state index contributed by atoms with van der Waals surface area (Å²) >= 11 is 0. The minimum atomic E-state index is -1.08. The first kappa shape index (κ1) is 16.4. The summed E-state index contributed by atoms with van der Waals surface area (Å²) in [4.78, 5) is 33.2. The zero-order valence-corrected chi connectivity index (χ0v) is 11.2. The molecule has 1 aromatic carbocycles. The molecule has 0 heterocycles. The fourth-order valence-electron chi connectivity index (χ4n) is 1.60. The van der Waals surface area contributed by atoms with Crippen LogP contribution in [0.1, 0.15) is 11.6 Å². The van der Waals surface area contributed by atoms with E-state index in [4.69, 9.17) is 15.6 Å². The number of ether oxygens (including phenoxy) is 1. The van der Waals surface area contributed by atoms with Gasteiger partial charge in [-0.2, -0.15) is 0 Å². The van der Waals surface area contributed by atoms with Crippen molar-refractivity contribution in [1.29, 1.82) is 0 Å². The molecule has 0 radical (unpaired) electrons. The van der Waals surface area contributed by atoms with Crippen LogP contribution in [0.5, 0.6) is 0 Å². The lowest BCUT2D eigenvalue weighted by Crippen LogP contribution is -2.43. The lowest BCUT2D eigenvalue weighted by Gasteiger charge is -2.17. The van der Waals surface area contributed by atoms with Crippen LogP contribution in [-0.2, 0) is 14.3 Å². The molecule has 0 aliphatic carbocycles. The SMILES string of the molecule is NC(=O)NC(C(=O)NCCOCC(=O)O)c1ccccc1. The minimum Gasteiger partial charge on any atom is -0.480 e. The molecule has 0 aromatic heterocycles. The zero-order valence-electron chi connectivity index (χ0n) is 11.2. The lowest BCUT2D eigenvalue weighted by molar-refractivity contribution is -0.142. The van der Waals surface area contributed by atoms with Crippen LogP contribution in [0.25, 0.3) is 0 Å². The van der Waals surface area contributed by atoms with Gasteiger partial charge in [-0.3, -0.25) is 4.79 Å². The number of carbonyl (C=O) groups excluding carboxylic acids is 2. The number of nitrogens with one attached hydrogen (secondary N) is 2. The number of hydrogen-bond donors (Lipinski definition) is 4. The number of benzene rings is 1. The number of amides is 3. The van der Waals surface area contributed by atoms with Crippen molar-refractivity contribution in [2.75, 3.05) is 19.8 Å². The summed E-state index contributed by atoms with van der Waals surface area (Å²) in [6, 6.07) is 6.87. The van der Waals surface area contributed by atoms with Gasteiger partial charge < -0.3 is 26.2 Å². The molecule has 8 heteroatoms. The number of urea groups is 1. The summed E-state index contributed by atoms with van der Waals surface area (Å²) in [7, 11) is 0. The van der Waals surface area contributed by atoms with Crippen LogP contribution in [0.15, 0.2) is 30.3 Å². The topological polar surface area (TPSA) is 131 Å². The predicted octanol–water partition coefficient (Wildman–Crippen LogP) is -0.387. The zero-order chi connectivity index (χ0) is 15.7. The quantitative estimate of drug-likeness (QED) is 0.485. The van der Waals surface area contributed by atoms with Crippen LogP contribution in [0.2, 0.25) is 0 Å². The van der Waals surface area contributed by atoms with E-state index in [0.717, 1.165) is 0 Å². The van der Waals surface area contributed by atoms with Gasteiger partial charge in [-0.05, 0) is 5.56 Å². The molecule has 0 saturated carbocycles. The van der Waals surface area contributed by atoms with Crippen molar-refractivity contribution in [1.82, 2.24) is 10.6 Å². The van der Waals surface area contributed by atoms with E-state index in [1.165, 1.54) is 0 Å². The summed E-state index contributed by atoms with van der Waals surface area (Å²) in [5, 5.41) is 13.3. The first-order valence-electron chi connectivity index (χ1n) is 6.19. The molecule has 0 aliphatic heterocycles. The molecular formula is C13H17N3O5. The molecule has 0 spiro atoms. The predicted molar refractivity (Wildman–Crippen MR) is 73.4 cm³/mol. The average molecular weight is 295 g/mol. The van der Waals surface area contributed by atoms with E-state index in [9.17, 15) is 14.4 Å². The molecule has 1 aromatic rings. The molecule has 1 unspecified atom stereocenters. The Balaban J connectivity index is 2.52. The van der Waals surface area contributed by atoms with Crippen LogP contribution >= 0.6 is 0 Å². The van der Waals surface area contributed by atoms with Gasteiger partial charge in [0.1, 0.15) is 12.6 Å². The summed E-state index contributed by atoms with van der Waals surface area (Å²) < 4.78 is 4.79. The molecule has 0 saturated heterocycles. The van der Waals surface area contributed by atoms with E-state index < -0.39 is 30.6 Å². The standard InChI is InChI=1S/C13H17N3O5/c14-13(20)16-11(9-4-2-1-3-5-9)12(19)15-6-7-21-8-10(17)18/h1-5,11H,6-8H2,(H,15,19)(H,17,18)(H3,14,16,20). The third kappa shape index (κ3) is 6.39. The van der Waals surface area contributed by atoms with Crippen molar-refractivity contribution in [3.63, 3.8) is 0 Å². The number of rotatable bonds is 8. The number of hydrogen-bond acceptors (Lipinski definition) is 4. The molecule has 3 amide bonds. The van der Waals surface area contributed by atoms with Crippen molar-refractivity contribution in [2.24, 2.45) is 5.73 Å². The molecule has 0 aliphatic rings. The van der Waals surface area contributed by atoms with E-state index in [-0.39, 0.29) is 13.2 Å². The van der Waals surface area contributed by atoms with E-state index >= 15 is 0 Å². The fourth-order valence-corrected chi connectivity index (χ4v) is 1.60. The van der Waals surface area contributed by atoms with Crippen LogP contribution in [0, 0.1) is 0 Å². The lowest BCUT2D eigenvalue weighted by atomic mass is 10.1. The van der Waals surface area contributed by atoms with Crippen molar-refractivity contribution in [2.45, 2.75) is 6.04 Å². The maximum atomic E-state index is 12.0. The van der Waals surface area contributed by atoms with Gasteiger partial charge >= 0.3 is 12.0 Å². The Labute approximate surface area is 121 Å². The number of carbonyl (C=O) groups is 3. The Hall–Kier alpha value is -2.61. The van der Waals surface area contributed by atoms with E-state index in [1.807, 2.05) is 0 Å². The monoisotopic (exact) mass is 295 g/mol. The summed E-state index contributed by atoms with van der Waals surface area (Å²) in [6.45, 7) is -0.260. The Morgan fingerprint density at radius 3 is 2.48 bits per heavy atom. The molecule has 8 nitrogen and oxygen atoms in total. The minimum absolute atomic E-state index is 0.0517. The van der Waals surface area contributed by atoms with Gasteiger partial charge in [-0.15, -0.1) is 0 Å². The molecule has 1 rings (SSSR count). The largest absolute Gasteiger partial charge is 0.480 e. The van der Waals surface area contributed by atoms with Gasteiger partial charge in [0.2, 0.25) is 5.91 Å². The molecule has 0 fully saturated rings. The summed E-state index contributed by atoms with van der Waals surface area (Å²) in [5.74, 6) is -1.54. The van der Waals surface area contributed by atoms with Gasteiger partial charge in [0.25, 0.3) is 0 Å². The van der Waals surface area contributed by atoms with Gasteiger partial charge in [0.05, 0.1) is 6.61 Å². The normalized spacial score (nSPS) is 11.4. The smallest absolute Gasteiger partial charge is 0.329 e. The number of carboxylic acids is 1. The highest BCUT2D eigenvalue weighted by molar-refractivity contribution is 5.87. The van der Waals surface area contributed by atoms with Crippen LogP contribution < -0.4 is 16.4 Å². The Morgan fingerprint density at radius 2 is 1.90 bits per heavy atom. The van der Waals surface area contributed by atoms with Crippen LogP contribution in [0.4, 0.5) is 4.79 Å². The maximum absolute atomic E-state index is 12.0. The highest BCUT2D eigenvalue weighted by Gasteiger charge is 2.21. The van der Waals surface area contributed by atoms with Gasteiger partial charge in [0.15, 0.2) is 0 Å². The van der Waals surface area contributed by atoms with Crippen LogP contribution in [0.3, 0.4) is 0 Å². The Bertz CT molecular complexity index is 492. The number of carboxylic acid groups (broad SMARTS) is 1. The highest BCUT2D eigenvalue weighted by atomic mass is 16.5. The second-order valence-corrected chi connectivity index (χ2v) is 4.09. The van der Waals surface area contributed by atoms with E-state index in [0.29, 0.717) is 5.56 Å². The third-order valence-electron chi connectivity index (χ3n) is 2.45. The number of nitrogens with two attached hydrogens (primary N) is 1. The van der Waals surface area contributed by atoms with Crippen molar-refractivity contribution >= 4 is 17.9 Å². The van der Waals surface area contributed by atoms with E-state index in [1.54, 1.807) is 30.3 Å². The molecule has 114 valence electrons. The summed E-state index contributed by atoms with van der Waals surface area (Å²) in [6.07, 6.45) is 0. The highest BCUT2D eigenvalue weighted by Crippen LogP contribution is 2.12. The first-order valence-corrected chi connectivity index (χ1v) is 6.19. The molecular weight excluding hydrogens is 278 g/mol. The first-order chi connectivity index (χ1) is 10.0. The average Bonchev–Trinajstić information content (AvgIpc) is 2.44. The van der Waals surface area contributed by atoms with E-state index in [2.05, 4.69) is 10.6 Å². The van der Waals surface area contributed by atoms with Crippen LogP contribution in [-0.4, -0.2) is 42.8 Å². The fraction of sp³-hybridized carbons (Fsp3) is 0.308. The second kappa shape index (κ2) is 8.54. The number of primary amides is 1. The number of aliphatic carboxylic acids is 1. The summed E-state index contributed by atoms with van der Waals surface area (Å²) in [5.41, 5.74) is 5.64. The molecule has 1 atom stereocenters. The Morgan fingerprint density at radius 1 is 1.24 bits per heavy atom. The van der Waals surface area contributed by atoms with Gasteiger partial charge in [-0.1, -0.05) is 30.3 Å². The maximum Gasteiger partial charge on any atom is 0.329 e. The van der Waals surface area contributed by atoms with Gasteiger partial charge in [-0.25, -0.2) is 9.59 Å². The molecule has 5 N–H and O–H groups in total. The Kier molecular flexibility index (Phi) is 6.69. The second-order valence-electron chi connectivity index (χ2n) is 4.09. The molecule has 21 heavy (non-hydrogen) atoms. The van der Waals surface area contributed by atoms with Crippen molar-refractivity contribution in [3.8, 4) is 0 Å².